The molecule has 0 aliphatic heterocycles. The van der Waals surface area contributed by atoms with Crippen LogP contribution in [0.2, 0.25) is 0 Å². The van der Waals surface area contributed by atoms with Gasteiger partial charge in [-0.2, -0.15) is 0 Å². The quantitative estimate of drug-likeness (QED) is 0.0775. The first-order valence-electron chi connectivity index (χ1n) is 18.2. The first kappa shape index (κ1) is 42.7. The molecular weight excluding hydrogens is 715 g/mol. The smallest absolute Gasteiger partial charge is 0.251 e. The van der Waals surface area contributed by atoms with Gasteiger partial charge in [0, 0.05) is 30.8 Å². The van der Waals surface area contributed by atoms with Gasteiger partial charge in [-0.25, -0.2) is 13.4 Å². The van der Waals surface area contributed by atoms with Crippen molar-refractivity contribution in [1.82, 2.24) is 10.3 Å². The van der Waals surface area contributed by atoms with Crippen LogP contribution < -0.4 is 11.1 Å². The highest BCUT2D eigenvalue weighted by atomic mass is 32.2. The third-order valence-corrected chi connectivity index (χ3v) is 9.71. The molecule has 13 nitrogen and oxygen atoms in total. The minimum absolute atomic E-state index is 0.196. The number of oxazole rings is 1. The summed E-state index contributed by atoms with van der Waals surface area (Å²) in [5.74, 6) is 0.234. The van der Waals surface area contributed by atoms with Gasteiger partial charge in [0.2, 0.25) is 5.89 Å². The first-order chi connectivity index (χ1) is 26.4. The maximum atomic E-state index is 13.3. The van der Waals surface area contributed by atoms with E-state index in [1.807, 2.05) is 42.5 Å². The van der Waals surface area contributed by atoms with Crippen molar-refractivity contribution in [3.8, 4) is 11.5 Å². The van der Waals surface area contributed by atoms with Crippen molar-refractivity contribution >= 4 is 15.7 Å². The lowest BCUT2D eigenvalue weighted by Gasteiger charge is -2.08. The Hall–Kier alpha value is -3.99. The standard InChI is InChI=1S/C40H53N3O10S/c1-32-38(43-40(53-32)36-13-11-35(12-14-36)39(44)42-30-34-6-3-2-4-7-34)31-54(45,46)37-15-9-33(10-16-37)8-5-18-47-20-22-49-24-26-51-28-29-52-27-25-50-23-21-48-19-17-41/h2-4,6-7,9-16H,5,8,17-31,41H2,1H3,(H,42,44). The summed E-state index contributed by atoms with van der Waals surface area (Å²) >= 11 is 0. The summed E-state index contributed by atoms with van der Waals surface area (Å²) in [5.41, 5.74) is 8.86. The summed E-state index contributed by atoms with van der Waals surface area (Å²) in [4.78, 5) is 17.3. The van der Waals surface area contributed by atoms with Crippen molar-refractivity contribution in [2.75, 3.05) is 85.8 Å². The number of nitrogens with zero attached hydrogens (tertiary/aromatic N) is 1. The van der Waals surface area contributed by atoms with Gasteiger partial charge in [0.15, 0.2) is 9.84 Å². The number of aromatic nitrogens is 1. The fourth-order valence-corrected chi connectivity index (χ4v) is 6.47. The van der Waals surface area contributed by atoms with E-state index in [0.29, 0.717) is 121 Å². The van der Waals surface area contributed by atoms with Gasteiger partial charge >= 0.3 is 0 Å². The number of rotatable bonds is 28. The van der Waals surface area contributed by atoms with Gasteiger partial charge in [0.1, 0.15) is 11.5 Å². The highest BCUT2D eigenvalue weighted by Gasteiger charge is 2.21. The minimum atomic E-state index is -3.66. The van der Waals surface area contributed by atoms with Crippen molar-refractivity contribution in [2.45, 2.75) is 37.0 Å². The van der Waals surface area contributed by atoms with Crippen LogP contribution in [-0.4, -0.2) is 105 Å². The predicted molar refractivity (Wildman–Crippen MR) is 204 cm³/mol. The molecule has 3 N–H and O–H groups in total. The van der Waals surface area contributed by atoms with Gasteiger partial charge in [-0.15, -0.1) is 0 Å². The lowest BCUT2D eigenvalue weighted by molar-refractivity contribution is -0.0164. The van der Waals surface area contributed by atoms with Gasteiger partial charge in [-0.05, 0) is 67.3 Å². The first-order valence-corrected chi connectivity index (χ1v) is 19.9. The van der Waals surface area contributed by atoms with Gasteiger partial charge < -0.3 is 43.9 Å². The van der Waals surface area contributed by atoms with Crippen LogP contribution in [0.3, 0.4) is 0 Å². The predicted octanol–water partition coefficient (Wildman–Crippen LogP) is 4.54. The average molecular weight is 768 g/mol. The number of carbonyl (C=O) groups excluding carboxylic acids is 1. The fraction of sp³-hybridized carbons (Fsp3) is 0.450. The van der Waals surface area contributed by atoms with Crippen LogP contribution in [0.1, 0.15) is 39.4 Å². The maximum absolute atomic E-state index is 13.3. The van der Waals surface area contributed by atoms with Crippen LogP contribution in [0.5, 0.6) is 0 Å². The molecule has 0 saturated heterocycles. The zero-order chi connectivity index (χ0) is 38.3. The minimum Gasteiger partial charge on any atom is -0.441 e. The maximum Gasteiger partial charge on any atom is 0.251 e. The molecule has 0 aliphatic carbocycles. The molecule has 3 aromatic carbocycles. The molecule has 0 atom stereocenters. The Bertz CT molecular complexity index is 1730. The van der Waals surface area contributed by atoms with Gasteiger partial charge in [-0.1, -0.05) is 42.5 Å². The summed E-state index contributed by atoms with van der Waals surface area (Å²) in [6.07, 6.45) is 1.55. The molecule has 0 fully saturated rings. The molecule has 1 heterocycles. The van der Waals surface area contributed by atoms with Crippen LogP contribution >= 0.6 is 0 Å². The molecule has 0 bridgehead atoms. The second kappa shape index (κ2) is 24.4. The third kappa shape index (κ3) is 15.8. The van der Waals surface area contributed by atoms with Crippen molar-refractivity contribution in [1.29, 1.82) is 0 Å². The fourth-order valence-electron chi connectivity index (χ4n) is 5.12. The van der Waals surface area contributed by atoms with E-state index >= 15 is 0 Å². The summed E-state index contributed by atoms with van der Waals surface area (Å²) in [5, 5.41) is 2.90. The van der Waals surface area contributed by atoms with E-state index in [1.54, 1.807) is 43.3 Å². The lowest BCUT2D eigenvalue weighted by atomic mass is 10.1. The SMILES string of the molecule is Cc1oc(-c2ccc(C(=O)NCc3ccccc3)cc2)nc1CS(=O)(=O)c1ccc(CCCOCCOCCOCCOCCOCCOCCN)cc1. The monoisotopic (exact) mass is 767 g/mol. The Labute approximate surface area is 318 Å². The zero-order valence-electron chi connectivity index (χ0n) is 31.0. The van der Waals surface area contributed by atoms with Crippen molar-refractivity contribution in [3.05, 3.63) is 107 Å². The number of hydrogen-bond donors (Lipinski definition) is 2. The van der Waals surface area contributed by atoms with Crippen LogP contribution in [0.15, 0.2) is 88.2 Å². The normalized spacial score (nSPS) is 11.6. The molecule has 14 heteroatoms. The number of aryl methyl sites for hydroxylation is 2. The highest BCUT2D eigenvalue weighted by Crippen LogP contribution is 2.25. The molecule has 4 rings (SSSR count). The van der Waals surface area contributed by atoms with Crippen LogP contribution in [0, 0.1) is 6.92 Å². The van der Waals surface area contributed by atoms with Gasteiger partial charge in [0.05, 0.1) is 83.3 Å². The Morgan fingerprint density at radius 2 is 1.22 bits per heavy atom. The number of hydrogen-bond acceptors (Lipinski definition) is 12. The molecular formula is C40H53N3O10S. The number of benzene rings is 3. The van der Waals surface area contributed by atoms with E-state index in [2.05, 4.69) is 10.3 Å². The Balaban J connectivity index is 1.06. The summed E-state index contributed by atoms with van der Waals surface area (Å²) in [6.45, 7) is 8.73. The number of carbonyl (C=O) groups is 1. The zero-order valence-corrected chi connectivity index (χ0v) is 31.9. The van der Waals surface area contributed by atoms with Crippen molar-refractivity contribution in [2.24, 2.45) is 5.73 Å². The molecule has 294 valence electrons. The number of nitrogens with two attached hydrogens (primary N) is 1. The topological polar surface area (TPSA) is 171 Å². The van der Waals surface area contributed by atoms with Gasteiger partial charge in [0.25, 0.3) is 5.91 Å². The average Bonchev–Trinajstić information content (AvgIpc) is 3.55. The number of ether oxygens (including phenoxy) is 6. The van der Waals surface area contributed by atoms with E-state index in [4.69, 9.17) is 38.6 Å². The third-order valence-electron chi connectivity index (χ3n) is 8.07. The lowest BCUT2D eigenvalue weighted by Crippen LogP contribution is -2.22. The van der Waals surface area contributed by atoms with E-state index in [9.17, 15) is 13.2 Å². The molecule has 0 radical (unpaired) electrons. The van der Waals surface area contributed by atoms with E-state index in [1.165, 1.54) is 0 Å². The van der Waals surface area contributed by atoms with Crippen molar-refractivity contribution in [3.63, 3.8) is 0 Å². The molecule has 54 heavy (non-hydrogen) atoms. The number of sulfone groups is 1. The number of amides is 1. The largest absolute Gasteiger partial charge is 0.441 e. The summed E-state index contributed by atoms with van der Waals surface area (Å²) < 4.78 is 65.1. The van der Waals surface area contributed by atoms with Crippen LogP contribution in [0.4, 0.5) is 0 Å². The second-order valence-corrected chi connectivity index (χ2v) is 14.2. The Kier molecular flexibility index (Phi) is 19.3. The molecule has 0 saturated carbocycles. The Morgan fingerprint density at radius 1 is 0.685 bits per heavy atom. The molecule has 1 aromatic heterocycles. The molecule has 0 spiro atoms. The highest BCUT2D eigenvalue weighted by molar-refractivity contribution is 7.90. The Morgan fingerprint density at radius 3 is 1.78 bits per heavy atom. The van der Waals surface area contributed by atoms with E-state index in [0.717, 1.165) is 24.0 Å². The van der Waals surface area contributed by atoms with E-state index < -0.39 is 9.84 Å². The molecule has 0 unspecified atom stereocenters. The molecule has 4 aromatic rings. The second-order valence-electron chi connectivity index (χ2n) is 12.2. The number of nitrogens with one attached hydrogen (secondary N) is 1. The van der Waals surface area contributed by atoms with Gasteiger partial charge in [-0.3, -0.25) is 4.79 Å². The van der Waals surface area contributed by atoms with Crippen LogP contribution in [0.25, 0.3) is 11.5 Å². The van der Waals surface area contributed by atoms with Crippen LogP contribution in [-0.2, 0) is 57.0 Å². The summed E-state index contributed by atoms with van der Waals surface area (Å²) in [6, 6.07) is 23.4. The van der Waals surface area contributed by atoms with Crippen molar-refractivity contribution < 1.29 is 46.1 Å². The molecule has 0 aliphatic rings. The molecule has 1 amide bonds. The van der Waals surface area contributed by atoms with E-state index in [-0.39, 0.29) is 16.6 Å². The summed E-state index contributed by atoms with van der Waals surface area (Å²) in [7, 11) is -3.66.